The van der Waals surface area contributed by atoms with Crippen LogP contribution in [-0.2, 0) is 16.1 Å². The van der Waals surface area contributed by atoms with Crippen LogP contribution in [0, 0.1) is 11.8 Å². The number of hydrogen-bond donors (Lipinski definition) is 1. The smallest absolute Gasteiger partial charge is 0.335 e. The summed E-state index contributed by atoms with van der Waals surface area (Å²) in [5.74, 6) is -1.51. The molecule has 1 aliphatic carbocycles. The molecule has 0 spiro atoms. The normalized spacial score (nSPS) is 25.1. The molecule has 2 amide bonds. The van der Waals surface area contributed by atoms with Gasteiger partial charge in [0, 0.05) is 0 Å². The summed E-state index contributed by atoms with van der Waals surface area (Å²) in [5.41, 5.74) is 0.841. The van der Waals surface area contributed by atoms with E-state index in [0.717, 1.165) is 19.3 Å². The molecule has 2 aliphatic rings. The van der Waals surface area contributed by atoms with E-state index in [4.69, 9.17) is 5.11 Å². The molecule has 2 fully saturated rings. The number of fused-ring (bicyclic) bond motifs is 1. The van der Waals surface area contributed by atoms with Crippen molar-refractivity contribution in [2.75, 3.05) is 0 Å². The number of aromatic carboxylic acids is 1. The standard InChI is InChI=1S/C15H15NO4/c17-13-11-5-2-6-12(11)14(18)16(13)8-9-3-1-4-10(7-9)15(19)20/h1,3-4,7,11-12H,2,5-6,8H2,(H,19,20). The first-order chi connectivity index (χ1) is 9.58. The topological polar surface area (TPSA) is 74.7 Å². The van der Waals surface area contributed by atoms with Crippen molar-refractivity contribution in [1.82, 2.24) is 4.90 Å². The van der Waals surface area contributed by atoms with Crippen molar-refractivity contribution in [3.05, 3.63) is 35.4 Å². The van der Waals surface area contributed by atoms with Gasteiger partial charge in [0.15, 0.2) is 0 Å². The molecule has 20 heavy (non-hydrogen) atoms. The summed E-state index contributed by atoms with van der Waals surface area (Å²) in [5, 5.41) is 8.96. The lowest BCUT2D eigenvalue weighted by Crippen LogP contribution is -2.31. The lowest BCUT2D eigenvalue weighted by atomic mass is 10.00. The van der Waals surface area contributed by atoms with Crippen LogP contribution in [0.3, 0.4) is 0 Å². The Morgan fingerprint density at radius 3 is 2.45 bits per heavy atom. The third-order valence-electron chi connectivity index (χ3n) is 4.20. The Kier molecular flexibility index (Phi) is 3.04. The molecule has 5 heteroatoms. The zero-order valence-corrected chi connectivity index (χ0v) is 10.9. The molecule has 2 atom stereocenters. The predicted octanol–water partition coefficient (Wildman–Crippen LogP) is 1.67. The fraction of sp³-hybridized carbons (Fsp3) is 0.400. The average molecular weight is 273 g/mol. The molecule has 5 nitrogen and oxygen atoms in total. The van der Waals surface area contributed by atoms with Gasteiger partial charge in [0.25, 0.3) is 0 Å². The molecule has 0 radical (unpaired) electrons. The van der Waals surface area contributed by atoms with Gasteiger partial charge in [-0.2, -0.15) is 0 Å². The zero-order valence-electron chi connectivity index (χ0n) is 10.9. The van der Waals surface area contributed by atoms with Crippen LogP contribution in [0.25, 0.3) is 0 Å². The Morgan fingerprint density at radius 2 is 1.85 bits per heavy atom. The maximum Gasteiger partial charge on any atom is 0.335 e. The molecule has 3 rings (SSSR count). The highest BCUT2D eigenvalue weighted by Crippen LogP contribution is 2.40. The zero-order chi connectivity index (χ0) is 14.3. The molecular formula is C15H15NO4. The quantitative estimate of drug-likeness (QED) is 0.850. The first kappa shape index (κ1) is 12.8. The predicted molar refractivity (Wildman–Crippen MR) is 69.8 cm³/mol. The fourth-order valence-electron chi connectivity index (χ4n) is 3.20. The molecule has 1 aliphatic heterocycles. The largest absolute Gasteiger partial charge is 0.478 e. The van der Waals surface area contributed by atoms with E-state index in [1.807, 2.05) is 0 Å². The Balaban J connectivity index is 1.81. The Labute approximate surface area is 116 Å². The van der Waals surface area contributed by atoms with Crippen LogP contribution in [0.5, 0.6) is 0 Å². The molecule has 1 N–H and O–H groups in total. The molecule has 2 unspecified atom stereocenters. The third kappa shape index (κ3) is 1.99. The summed E-state index contributed by atoms with van der Waals surface area (Å²) >= 11 is 0. The van der Waals surface area contributed by atoms with Gasteiger partial charge in [-0.3, -0.25) is 14.5 Å². The first-order valence-electron chi connectivity index (χ1n) is 6.75. The molecule has 1 aromatic carbocycles. The van der Waals surface area contributed by atoms with Crippen LogP contribution in [0.2, 0.25) is 0 Å². The summed E-state index contributed by atoms with van der Waals surface area (Å²) in [4.78, 5) is 36.6. The van der Waals surface area contributed by atoms with Crippen LogP contribution in [-0.4, -0.2) is 27.8 Å². The molecule has 1 aromatic rings. The van der Waals surface area contributed by atoms with Gasteiger partial charge in [-0.05, 0) is 30.5 Å². The van der Waals surface area contributed by atoms with Crippen molar-refractivity contribution in [2.45, 2.75) is 25.8 Å². The van der Waals surface area contributed by atoms with Crippen molar-refractivity contribution in [1.29, 1.82) is 0 Å². The highest BCUT2D eigenvalue weighted by Gasteiger charge is 2.49. The van der Waals surface area contributed by atoms with E-state index in [1.54, 1.807) is 12.1 Å². The number of carboxylic acids is 1. The number of amides is 2. The number of nitrogens with zero attached hydrogens (tertiary/aromatic N) is 1. The minimum absolute atomic E-state index is 0.0989. The van der Waals surface area contributed by atoms with Gasteiger partial charge in [0.05, 0.1) is 23.9 Å². The highest BCUT2D eigenvalue weighted by atomic mass is 16.4. The van der Waals surface area contributed by atoms with Crippen molar-refractivity contribution in [3.63, 3.8) is 0 Å². The van der Waals surface area contributed by atoms with Crippen molar-refractivity contribution in [3.8, 4) is 0 Å². The van der Waals surface area contributed by atoms with Gasteiger partial charge in [0.1, 0.15) is 0 Å². The molecule has 1 saturated heterocycles. The Morgan fingerprint density at radius 1 is 1.20 bits per heavy atom. The van der Waals surface area contributed by atoms with Gasteiger partial charge in [-0.1, -0.05) is 18.6 Å². The fourth-order valence-corrected chi connectivity index (χ4v) is 3.20. The second-order valence-corrected chi connectivity index (χ2v) is 5.41. The van der Waals surface area contributed by atoms with Crippen molar-refractivity contribution >= 4 is 17.8 Å². The summed E-state index contributed by atoms with van der Waals surface area (Å²) in [7, 11) is 0. The molecule has 1 saturated carbocycles. The van der Waals surface area contributed by atoms with E-state index < -0.39 is 5.97 Å². The second kappa shape index (κ2) is 4.74. The monoisotopic (exact) mass is 273 g/mol. The lowest BCUT2D eigenvalue weighted by molar-refractivity contribution is -0.141. The van der Waals surface area contributed by atoms with Crippen LogP contribution in [0.4, 0.5) is 0 Å². The van der Waals surface area contributed by atoms with E-state index in [0.29, 0.717) is 5.56 Å². The number of benzene rings is 1. The second-order valence-electron chi connectivity index (χ2n) is 5.41. The average Bonchev–Trinajstić information content (AvgIpc) is 2.99. The summed E-state index contributed by atoms with van der Waals surface area (Å²) < 4.78 is 0. The van der Waals surface area contributed by atoms with Gasteiger partial charge in [-0.25, -0.2) is 4.79 Å². The number of likely N-dealkylation sites (tertiary alicyclic amines) is 1. The van der Waals surface area contributed by atoms with E-state index in [2.05, 4.69) is 0 Å². The summed E-state index contributed by atoms with van der Waals surface area (Å²) in [6.07, 6.45) is 2.52. The van der Waals surface area contributed by atoms with Crippen LogP contribution >= 0.6 is 0 Å². The van der Waals surface area contributed by atoms with Crippen molar-refractivity contribution < 1.29 is 19.5 Å². The maximum atomic E-state index is 12.2. The third-order valence-corrected chi connectivity index (χ3v) is 4.20. The number of carbonyl (C=O) groups is 3. The van der Waals surface area contributed by atoms with E-state index in [1.165, 1.54) is 17.0 Å². The van der Waals surface area contributed by atoms with Gasteiger partial charge >= 0.3 is 5.97 Å². The van der Waals surface area contributed by atoms with Gasteiger partial charge < -0.3 is 5.11 Å². The van der Waals surface area contributed by atoms with Crippen molar-refractivity contribution in [2.24, 2.45) is 11.8 Å². The van der Waals surface area contributed by atoms with Gasteiger partial charge in [-0.15, -0.1) is 0 Å². The molecule has 0 aromatic heterocycles. The van der Waals surface area contributed by atoms with E-state index >= 15 is 0 Å². The maximum absolute atomic E-state index is 12.2. The lowest BCUT2D eigenvalue weighted by Gasteiger charge is -2.16. The number of carbonyl (C=O) groups excluding carboxylic acids is 2. The minimum Gasteiger partial charge on any atom is -0.478 e. The highest BCUT2D eigenvalue weighted by molar-refractivity contribution is 6.05. The molecule has 104 valence electrons. The Bertz CT molecular complexity index is 573. The number of hydrogen-bond acceptors (Lipinski definition) is 3. The molecule has 0 bridgehead atoms. The van der Waals surface area contributed by atoms with E-state index in [-0.39, 0.29) is 35.8 Å². The number of carboxylic acid groups (broad SMARTS) is 1. The van der Waals surface area contributed by atoms with Crippen LogP contribution in [0.15, 0.2) is 24.3 Å². The van der Waals surface area contributed by atoms with Crippen LogP contribution in [0.1, 0.15) is 35.2 Å². The minimum atomic E-state index is -1.01. The Hall–Kier alpha value is -2.17. The van der Waals surface area contributed by atoms with E-state index in [9.17, 15) is 14.4 Å². The number of rotatable bonds is 3. The molecular weight excluding hydrogens is 258 g/mol. The van der Waals surface area contributed by atoms with Gasteiger partial charge in [0.2, 0.25) is 11.8 Å². The summed E-state index contributed by atoms with van der Waals surface area (Å²) in [6, 6.07) is 6.37. The SMILES string of the molecule is O=C(O)c1cccc(CN2C(=O)C3CCCC3C2=O)c1. The summed E-state index contributed by atoms with van der Waals surface area (Å²) in [6.45, 7) is 0.172. The number of imide groups is 1. The van der Waals surface area contributed by atoms with Crippen LogP contribution < -0.4 is 0 Å². The molecule has 1 heterocycles. The first-order valence-corrected chi connectivity index (χ1v) is 6.75.